The van der Waals surface area contributed by atoms with E-state index in [0.717, 1.165) is 27.0 Å². The topological polar surface area (TPSA) is 95.1 Å². The van der Waals surface area contributed by atoms with Crippen molar-refractivity contribution in [2.75, 3.05) is 59.8 Å². The molecule has 0 aliphatic heterocycles. The number of methoxy groups -OCH3 is 1. The van der Waals surface area contributed by atoms with Gasteiger partial charge in [-0.3, -0.25) is 9.59 Å². The molecule has 2 N–H and O–H groups in total. The second kappa shape index (κ2) is 16.5. The van der Waals surface area contributed by atoms with E-state index in [1.165, 1.54) is 11.3 Å². The normalized spacial score (nSPS) is 11.0. The minimum Gasteiger partial charge on any atom is -0.491 e. The Kier molecular flexibility index (Phi) is 12.1. The number of hydrogen-bond acceptors (Lipinski definition) is 7. The van der Waals surface area contributed by atoms with E-state index >= 15 is 0 Å². The summed E-state index contributed by atoms with van der Waals surface area (Å²) in [5.41, 5.74) is 2.47. The van der Waals surface area contributed by atoms with Crippen molar-refractivity contribution in [1.82, 2.24) is 10.6 Å². The van der Waals surface area contributed by atoms with Gasteiger partial charge < -0.3 is 29.6 Å². The molecule has 0 saturated heterocycles. The molecule has 8 nitrogen and oxygen atoms in total. The summed E-state index contributed by atoms with van der Waals surface area (Å²) in [5, 5.41) is 6.92. The maximum atomic E-state index is 12.6. The van der Waals surface area contributed by atoms with Crippen molar-refractivity contribution in [2.24, 2.45) is 0 Å². The average Bonchev–Trinajstić information content (AvgIpc) is 3.45. The largest absolute Gasteiger partial charge is 0.491 e. The number of fused-ring (bicyclic) bond motifs is 1. The molecule has 2 amide bonds. The highest BCUT2D eigenvalue weighted by Gasteiger charge is 2.11. The van der Waals surface area contributed by atoms with E-state index in [4.69, 9.17) is 18.9 Å². The maximum absolute atomic E-state index is 12.6. The van der Waals surface area contributed by atoms with Gasteiger partial charge in [0.25, 0.3) is 11.8 Å². The monoisotopic (exact) mass is 576 g/mol. The van der Waals surface area contributed by atoms with Crippen molar-refractivity contribution in [3.05, 3.63) is 89.3 Å². The Morgan fingerprint density at radius 3 is 2.15 bits per heavy atom. The molecular formula is C32H36N2O6S. The number of nitrogens with one attached hydrogen (secondary N) is 2. The molecule has 1 heterocycles. The molecule has 216 valence electrons. The predicted octanol–water partition coefficient (Wildman–Crippen LogP) is 5.18. The fourth-order valence-corrected chi connectivity index (χ4v) is 5.06. The van der Waals surface area contributed by atoms with Crippen molar-refractivity contribution in [2.45, 2.75) is 6.42 Å². The molecule has 3 aromatic carbocycles. The molecule has 0 atom stereocenters. The second-order valence-corrected chi connectivity index (χ2v) is 10.2. The average molecular weight is 577 g/mol. The lowest BCUT2D eigenvalue weighted by atomic mass is 10.0. The number of amides is 2. The SMILES string of the molecule is COCCOCCOCCOc1ccccc1-c1ccc(C(=O)NCCCNC(=O)c2cc3ccccc3s2)cc1. The molecule has 4 aromatic rings. The van der Waals surface area contributed by atoms with Gasteiger partial charge in [0.2, 0.25) is 0 Å². The molecule has 41 heavy (non-hydrogen) atoms. The number of benzene rings is 3. The number of para-hydroxylation sites is 1. The summed E-state index contributed by atoms with van der Waals surface area (Å²) in [5.74, 6) is 0.510. The van der Waals surface area contributed by atoms with E-state index in [1.807, 2.05) is 66.7 Å². The Labute approximate surface area is 244 Å². The van der Waals surface area contributed by atoms with Crippen LogP contribution in [0.1, 0.15) is 26.5 Å². The van der Waals surface area contributed by atoms with Crippen LogP contribution in [0.25, 0.3) is 21.2 Å². The number of rotatable bonds is 17. The van der Waals surface area contributed by atoms with E-state index in [1.54, 1.807) is 19.2 Å². The summed E-state index contributed by atoms with van der Waals surface area (Å²) >= 11 is 1.48. The van der Waals surface area contributed by atoms with Gasteiger partial charge in [-0.1, -0.05) is 48.5 Å². The second-order valence-electron chi connectivity index (χ2n) is 9.15. The first-order valence-corrected chi connectivity index (χ1v) is 14.5. The highest BCUT2D eigenvalue weighted by molar-refractivity contribution is 7.20. The zero-order valence-corrected chi connectivity index (χ0v) is 24.0. The van der Waals surface area contributed by atoms with Crippen LogP contribution < -0.4 is 15.4 Å². The first kappa shape index (κ1) is 30.2. The van der Waals surface area contributed by atoms with Gasteiger partial charge in [0, 0.05) is 36.0 Å². The van der Waals surface area contributed by atoms with Crippen molar-refractivity contribution >= 4 is 33.2 Å². The maximum Gasteiger partial charge on any atom is 0.261 e. The Hall–Kier alpha value is -3.76. The molecule has 9 heteroatoms. The van der Waals surface area contributed by atoms with Crippen LogP contribution in [0.4, 0.5) is 0 Å². The van der Waals surface area contributed by atoms with Crippen molar-refractivity contribution < 1.29 is 28.5 Å². The predicted molar refractivity (Wildman–Crippen MR) is 162 cm³/mol. The summed E-state index contributed by atoms with van der Waals surface area (Å²) in [4.78, 5) is 25.8. The molecule has 0 radical (unpaired) electrons. The number of hydrogen-bond donors (Lipinski definition) is 2. The Morgan fingerprint density at radius 2 is 1.39 bits per heavy atom. The third-order valence-electron chi connectivity index (χ3n) is 6.21. The Balaban J connectivity index is 1.17. The lowest BCUT2D eigenvalue weighted by molar-refractivity contribution is 0.0180. The van der Waals surface area contributed by atoms with E-state index < -0.39 is 0 Å². The van der Waals surface area contributed by atoms with Gasteiger partial charge in [-0.25, -0.2) is 0 Å². The van der Waals surface area contributed by atoms with Crippen LogP contribution in [0.2, 0.25) is 0 Å². The van der Waals surface area contributed by atoms with Crippen LogP contribution in [0.15, 0.2) is 78.9 Å². The van der Waals surface area contributed by atoms with Gasteiger partial charge in [0.05, 0.1) is 37.9 Å². The lowest BCUT2D eigenvalue weighted by Crippen LogP contribution is -2.29. The van der Waals surface area contributed by atoms with Crippen LogP contribution in [0, 0.1) is 0 Å². The van der Waals surface area contributed by atoms with Gasteiger partial charge in [0.1, 0.15) is 12.4 Å². The van der Waals surface area contributed by atoms with Crippen molar-refractivity contribution in [3.63, 3.8) is 0 Å². The molecular weight excluding hydrogens is 540 g/mol. The smallest absolute Gasteiger partial charge is 0.261 e. The Morgan fingerprint density at radius 1 is 0.732 bits per heavy atom. The van der Waals surface area contributed by atoms with Gasteiger partial charge >= 0.3 is 0 Å². The number of thiophene rings is 1. The first-order chi connectivity index (χ1) is 20.2. The summed E-state index contributed by atoms with van der Waals surface area (Å²) in [6.07, 6.45) is 0.635. The van der Waals surface area contributed by atoms with Crippen LogP contribution in [0.3, 0.4) is 0 Å². The molecule has 0 spiro atoms. The van der Waals surface area contributed by atoms with Crippen LogP contribution in [-0.2, 0) is 14.2 Å². The van der Waals surface area contributed by atoms with Gasteiger partial charge in [-0.05, 0) is 47.7 Å². The summed E-state index contributed by atoms with van der Waals surface area (Å²) in [6, 6.07) is 25.1. The minimum absolute atomic E-state index is 0.0896. The molecule has 0 aliphatic rings. The van der Waals surface area contributed by atoms with E-state index in [0.29, 0.717) is 69.6 Å². The lowest BCUT2D eigenvalue weighted by Gasteiger charge is -2.12. The molecule has 0 fully saturated rings. The van der Waals surface area contributed by atoms with E-state index in [2.05, 4.69) is 10.6 Å². The quantitative estimate of drug-likeness (QED) is 0.168. The van der Waals surface area contributed by atoms with E-state index in [-0.39, 0.29) is 11.8 Å². The molecule has 1 aromatic heterocycles. The van der Waals surface area contributed by atoms with Crippen molar-refractivity contribution in [3.8, 4) is 16.9 Å². The standard InChI is InChI=1S/C32H36N2O6S/c1-37-17-18-38-19-20-39-21-22-40-28-9-4-3-8-27(28)24-11-13-25(14-12-24)31(35)33-15-6-16-34-32(36)30-23-26-7-2-5-10-29(26)41-30/h2-5,7-14,23H,6,15-22H2,1H3,(H,33,35)(H,34,36). The molecule has 0 aliphatic carbocycles. The van der Waals surface area contributed by atoms with Crippen LogP contribution >= 0.6 is 11.3 Å². The highest BCUT2D eigenvalue weighted by atomic mass is 32.1. The molecule has 4 rings (SSSR count). The molecule has 0 bridgehead atoms. The Bertz CT molecular complexity index is 1360. The summed E-state index contributed by atoms with van der Waals surface area (Å²) < 4.78 is 22.9. The fraction of sp³-hybridized carbons (Fsp3) is 0.312. The van der Waals surface area contributed by atoms with Gasteiger partial charge in [0.15, 0.2) is 0 Å². The third kappa shape index (κ3) is 9.40. The van der Waals surface area contributed by atoms with Crippen molar-refractivity contribution in [1.29, 1.82) is 0 Å². The van der Waals surface area contributed by atoms with Gasteiger partial charge in [-0.2, -0.15) is 0 Å². The van der Waals surface area contributed by atoms with Gasteiger partial charge in [-0.15, -0.1) is 11.3 Å². The minimum atomic E-state index is -0.153. The fourth-order valence-electron chi connectivity index (χ4n) is 4.08. The first-order valence-electron chi connectivity index (χ1n) is 13.7. The third-order valence-corrected chi connectivity index (χ3v) is 7.32. The zero-order valence-electron chi connectivity index (χ0n) is 23.2. The summed E-state index contributed by atoms with van der Waals surface area (Å²) in [6.45, 7) is 3.96. The number of carbonyl (C=O) groups is 2. The van der Waals surface area contributed by atoms with Crippen LogP contribution in [-0.4, -0.2) is 71.7 Å². The highest BCUT2D eigenvalue weighted by Crippen LogP contribution is 2.30. The van der Waals surface area contributed by atoms with Crippen LogP contribution in [0.5, 0.6) is 5.75 Å². The summed E-state index contributed by atoms with van der Waals surface area (Å²) in [7, 11) is 1.64. The zero-order chi connectivity index (χ0) is 28.7. The number of carbonyl (C=O) groups excluding carboxylic acids is 2. The molecule has 0 saturated carbocycles. The van der Waals surface area contributed by atoms with E-state index in [9.17, 15) is 9.59 Å². The number of ether oxygens (including phenoxy) is 4. The molecule has 0 unspecified atom stereocenters.